The molecule has 0 aliphatic heterocycles. The SMILES string of the molecule is NC1CCc2c(F)ccc(F)c21. The van der Waals surface area contributed by atoms with Crippen LogP contribution in [0.1, 0.15) is 23.6 Å². The maximum atomic E-state index is 13.1. The highest BCUT2D eigenvalue weighted by Crippen LogP contribution is 2.32. The van der Waals surface area contributed by atoms with Gasteiger partial charge in [0.05, 0.1) is 0 Å². The van der Waals surface area contributed by atoms with Crippen molar-refractivity contribution >= 4 is 0 Å². The molecule has 0 bridgehead atoms. The van der Waals surface area contributed by atoms with Crippen LogP contribution < -0.4 is 5.73 Å². The Balaban J connectivity index is 2.64. The number of nitrogens with two attached hydrogens (primary N) is 1. The van der Waals surface area contributed by atoms with E-state index in [0.29, 0.717) is 24.0 Å². The number of hydrogen-bond acceptors (Lipinski definition) is 1. The Morgan fingerprint density at radius 1 is 1.25 bits per heavy atom. The molecule has 1 unspecified atom stereocenters. The average Bonchev–Trinajstić information content (AvgIpc) is 2.42. The molecule has 0 saturated heterocycles. The zero-order valence-corrected chi connectivity index (χ0v) is 6.48. The van der Waals surface area contributed by atoms with Crippen molar-refractivity contribution < 1.29 is 8.78 Å². The number of hydrogen-bond donors (Lipinski definition) is 1. The minimum atomic E-state index is -0.378. The minimum absolute atomic E-state index is 0.323. The molecule has 0 amide bonds. The van der Waals surface area contributed by atoms with Gasteiger partial charge in [0, 0.05) is 11.6 Å². The molecule has 0 fully saturated rings. The highest BCUT2D eigenvalue weighted by atomic mass is 19.1. The fourth-order valence-corrected chi connectivity index (χ4v) is 1.71. The third-order valence-corrected chi connectivity index (χ3v) is 2.32. The summed E-state index contributed by atoms with van der Waals surface area (Å²) in [6.07, 6.45) is 1.20. The number of halogens is 2. The van der Waals surface area contributed by atoms with Gasteiger partial charge in [-0.25, -0.2) is 8.78 Å². The molecule has 1 aliphatic carbocycles. The zero-order valence-electron chi connectivity index (χ0n) is 6.48. The second-order valence-corrected chi connectivity index (χ2v) is 3.07. The summed E-state index contributed by atoms with van der Waals surface area (Å²) in [4.78, 5) is 0. The normalized spacial score (nSPS) is 21.1. The predicted octanol–water partition coefficient (Wildman–Crippen LogP) is 1.91. The van der Waals surface area contributed by atoms with Crippen molar-refractivity contribution in [3.05, 3.63) is 34.9 Å². The lowest BCUT2D eigenvalue weighted by Crippen LogP contribution is -2.07. The topological polar surface area (TPSA) is 26.0 Å². The maximum absolute atomic E-state index is 13.1. The molecule has 0 radical (unpaired) electrons. The van der Waals surface area contributed by atoms with E-state index in [1.54, 1.807) is 0 Å². The zero-order chi connectivity index (χ0) is 8.72. The van der Waals surface area contributed by atoms with E-state index in [-0.39, 0.29) is 17.7 Å². The second kappa shape index (κ2) is 2.52. The Morgan fingerprint density at radius 2 is 1.92 bits per heavy atom. The lowest BCUT2D eigenvalue weighted by molar-refractivity contribution is 0.574. The lowest BCUT2D eigenvalue weighted by atomic mass is 10.1. The molecule has 12 heavy (non-hydrogen) atoms. The van der Waals surface area contributed by atoms with Gasteiger partial charge in [0.1, 0.15) is 11.6 Å². The monoisotopic (exact) mass is 169 g/mol. The number of benzene rings is 1. The van der Waals surface area contributed by atoms with Crippen LogP contribution in [0.25, 0.3) is 0 Å². The van der Waals surface area contributed by atoms with Gasteiger partial charge in [-0.15, -0.1) is 0 Å². The van der Waals surface area contributed by atoms with Crippen molar-refractivity contribution in [1.82, 2.24) is 0 Å². The summed E-state index contributed by atoms with van der Waals surface area (Å²) >= 11 is 0. The number of rotatable bonds is 0. The molecule has 1 aliphatic rings. The Bertz CT molecular complexity index is 323. The van der Waals surface area contributed by atoms with Crippen LogP contribution >= 0.6 is 0 Å². The summed E-state index contributed by atoms with van der Waals surface area (Å²) in [5.74, 6) is -0.712. The minimum Gasteiger partial charge on any atom is -0.324 e. The van der Waals surface area contributed by atoms with Crippen LogP contribution in [0, 0.1) is 11.6 Å². The molecule has 1 atom stereocenters. The van der Waals surface area contributed by atoms with E-state index in [9.17, 15) is 8.78 Å². The van der Waals surface area contributed by atoms with Gasteiger partial charge in [0.2, 0.25) is 0 Å². The summed E-state index contributed by atoms with van der Waals surface area (Å²) in [7, 11) is 0. The van der Waals surface area contributed by atoms with Gasteiger partial charge >= 0.3 is 0 Å². The molecule has 1 nitrogen and oxygen atoms in total. The molecule has 3 heteroatoms. The van der Waals surface area contributed by atoms with E-state index in [1.165, 1.54) is 0 Å². The highest BCUT2D eigenvalue weighted by molar-refractivity contribution is 5.36. The Hall–Kier alpha value is -0.960. The van der Waals surface area contributed by atoms with Crippen molar-refractivity contribution in [1.29, 1.82) is 0 Å². The van der Waals surface area contributed by atoms with Crippen molar-refractivity contribution in [3.63, 3.8) is 0 Å². The van der Waals surface area contributed by atoms with Crippen molar-refractivity contribution in [3.8, 4) is 0 Å². The summed E-state index contributed by atoms with van der Waals surface area (Å²) in [5, 5.41) is 0. The summed E-state index contributed by atoms with van der Waals surface area (Å²) in [6.45, 7) is 0. The van der Waals surface area contributed by atoms with Crippen molar-refractivity contribution in [2.75, 3.05) is 0 Å². The van der Waals surface area contributed by atoms with E-state index in [4.69, 9.17) is 5.73 Å². The predicted molar refractivity (Wildman–Crippen MR) is 41.6 cm³/mol. The highest BCUT2D eigenvalue weighted by Gasteiger charge is 2.25. The standard InChI is InChI=1S/C9H9F2N/c10-6-2-3-7(11)9-5(6)1-4-8(9)12/h2-3,8H,1,4,12H2. The molecule has 2 rings (SSSR count). The van der Waals surface area contributed by atoms with Crippen LogP contribution in [0.3, 0.4) is 0 Å². The quantitative estimate of drug-likeness (QED) is 0.630. The molecule has 0 saturated carbocycles. The van der Waals surface area contributed by atoms with E-state index < -0.39 is 0 Å². The van der Waals surface area contributed by atoms with Crippen LogP contribution in [0.2, 0.25) is 0 Å². The molecule has 1 aromatic carbocycles. The van der Waals surface area contributed by atoms with Crippen LogP contribution in [0.15, 0.2) is 12.1 Å². The van der Waals surface area contributed by atoms with Crippen molar-refractivity contribution in [2.45, 2.75) is 18.9 Å². The van der Waals surface area contributed by atoms with E-state index >= 15 is 0 Å². The Kier molecular flexibility index (Phi) is 1.61. The molecular formula is C9H9F2N. The molecular weight excluding hydrogens is 160 g/mol. The molecule has 2 N–H and O–H groups in total. The first-order valence-electron chi connectivity index (χ1n) is 3.92. The van der Waals surface area contributed by atoms with Crippen LogP contribution in [-0.2, 0) is 6.42 Å². The van der Waals surface area contributed by atoms with Crippen molar-refractivity contribution in [2.24, 2.45) is 5.73 Å². The molecule has 0 aromatic heterocycles. The van der Waals surface area contributed by atoms with Gasteiger partial charge in [-0.2, -0.15) is 0 Å². The molecule has 64 valence electrons. The average molecular weight is 169 g/mol. The Morgan fingerprint density at radius 3 is 2.58 bits per heavy atom. The Labute approximate surface area is 69.2 Å². The van der Waals surface area contributed by atoms with Gasteiger partial charge < -0.3 is 5.73 Å². The maximum Gasteiger partial charge on any atom is 0.128 e. The lowest BCUT2D eigenvalue weighted by Gasteiger charge is -2.05. The van der Waals surface area contributed by atoms with Gasteiger partial charge in [-0.1, -0.05) is 0 Å². The molecule has 0 spiro atoms. The third-order valence-electron chi connectivity index (χ3n) is 2.32. The largest absolute Gasteiger partial charge is 0.324 e. The first-order valence-corrected chi connectivity index (χ1v) is 3.92. The third kappa shape index (κ3) is 0.932. The number of fused-ring (bicyclic) bond motifs is 1. The van der Waals surface area contributed by atoms with Crippen LogP contribution in [0.4, 0.5) is 8.78 Å². The van der Waals surface area contributed by atoms with Gasteiger partial charge in [0.25, 0.3) is 0 Å². The van der Waals surface area contributed by atoms with Gasteiger partial charge in [-0.3, -0.25) is 0 Å². The van der Waals surface area contributed by atoms with Gasteiger partial charge in [-0.05, 0) is 30.5 Å². The van der Waals surface area contributed by atoms with Gasteiger partial charge in [0.15, 0.2) is 0 Å². The summed E-state index contributed by atoms with van der Waals surface area (Å²) < 4.78 is 26.1. The first kappa shape index (κ1) is 7.68. The first-order chi connectivity index (χ1) is 5.70. The fraction of sp³-hybridized carbons (Fsp3) is 0.333. The molecule has 0 heterocycles. The molecule has 1 aromatic rings. The van der Waals surface area contributed by atoms with Crippen LogP contribution in [0.5, 0.6) is 0 Å². The second-order valence-electron chi connectivity index (χ2n) is 3.07. The van der Waals surface area contributed by atoms with Crippen LogP contribution in [-0.4, -0.2) is 0 Å². The summed E-state index contributed by atoms with van der Waals surface area (Å²) in [6, 6.07) is 1.97. The van der Waals surface area contributed by atoms with E-state index in [2.05, 4.69) is 0 Å². The smallest absolute Gasteiger partial charge is 0.128 e. The van der Waals surface area contributed by atoms with E-state index in [0.717, 1.165) is 12.1 Å². The fourth-order valence-electron chi connectivity index (χ4n) is 1.71. The van der Waals surface area contributed by atoms with E-state index in [1.807, 2.05) is 0 Å². The summed E-state index contributed by atoms with van der Waals surface area (Å²) in [5.41, 5.74) is 6.44.